The van der Waals surface area contributed by atoms with Crippen LogP contribution in [-0.4, -0.2) is 43.2 Å². The third-order valence-corrected chi connectivity index (χ3v) is 5.05. The molecule has 0 aromatic heterocycles. The Balaban J connectivity index is 2.51. The molecule has 1 amide bonds. The quantitative estimate of drug-likeness (QED) is 0.631. The highest BCUT2D eigenvalue weighted by Crippen LogP contribution is 2.27. The summed E-state index contributed by atoms with van der Waals surface area (Å²) in [6, 6.07) is 1.49. The van der Waals surface area contributed by atoms with Crippen LogP contribution < -0.4 is 5.32 Å². The molecule has 1 aromatic rings. The number of nitro groups is 1. The van der Waals surface area contributed by atoms with E-state index >= 15 is 0 Å². The topological polar surface area (TPSA) is 110 Å². The number of halogens is 1. The molecule has 1 aliphatic rings. The van der Waals surface area contributed by atoms with E-state index in [1.54, 1.807) is 0 Å². The summed E-state index contributed by atoms with van der Waals surface area (Å²) in [6.45, 7) is 1.18. The lowest BCUT2D eigenvalue weighted by Gasteiger charge is -2.26. The number of carbonyl (C=O) groups excluding carboxylic acids is 1. The number of hydrogen-bond donors (Lipinski definition) is 1. The predicted octanol–water partition coefficient (Wildman–Crippen LogP) is 0.163. The molecule has 0 atom stereocenters. The molecule has 8 nitrogen and oxygen atoms in total. The van der Waals surface area contributed by atoms with Crippen molar-refractivity contribution in [2.45, 2.75) is 11.8 Å². The Morgan fingerprint density at radius 1 is 1.43 bits per heavy atom. The van der Waals surface area contributed by atoms with Gasteiger partial charge in [0.05, 0.1) is 16.4 Å². The fourth-order valence-electron chi connectivity index (χ4n) is 2.02. The van der Waals surface area contributed by atoms with E-state index in [0.717, 1.165) is 10.4 Å². The van der Waals surface area contributed by atoms with Gasteiger partial charge in [-0.05, 0) is 18.6 Å². The van der Waals surface area contributed by atoms with Crippen LogP contribution in [0, 0.1) is 22.9 Å². The third-order valence-electron chi connectivity index (χ3n) is 3.06. The van der Waals surface area contributed by atoms with Crippen LogP contribution in [0.1, 0.15) is 5.56 Å². The number of nitro benzene ring substituents is 1. The summed E-state index contributed by atoms with van der Waals surface area (Å²) in [4.78, 5) is 20.7. The van der Waals surface area contributed by atoms with Crippen LogP contribution >= 0.6 is 0 Å². The standard InChI is InChI=1S/C11H12FN3O5S/c1-7-4-8(12)9(15(17)18)5-10(7)21(19,20)14-3-2-13-11(16)6-14/h4-5H,2-3,6H2,1H3,(H,13,16). The third kappa shape index (κ3) is 2.85. The SMILES string of the molecule is Cc1cc(F)c([N+](=O)[O-])cc1S(=O)(=O)N1CCNC(=O)C1. The maximum absolute atomic E-state index is 13.5. The summed E-state index contributed by atoms with van der Waals surface area (Å²) in [7, 11) is -4.10. The molecule has 1 fully saturated rings. The number of aryl methyl sites for hydroxylation is 1. The first-order chi connectivity index (χ1) is 9.73. The number of amides is 1. The Hall–Kier alpha value is -2.07. The van der Waals surface area contributed by atoms with Crippen molar-refractivity contribution in [2.24, 2.45) is 0 Å². The Morgan fingerprint density at radius 3 is 2.67 bits per heavy atom. The number of benzene rings is 1. The van der Waals surface area contributed by atoms with Crippen molar-refractivity contribution in [1.29, 1.82) is 0 Å². The van der Waals surface area contributed by atoms with E-state index in [1.807, 2.05) is 0 Å². The van der Waals surface area contributed by atoms with Gasteiger partial charge >= 0.3 is 5.69 Å². The van der Waals surface area contributed by atoms with Crippen molar-refractivity contribution in [3.05, 3.63) is 33.6 Å². The average Bonchev–Trinajstić information content (AvgIpc) is 2.37. The van der Waals surface area contributed by atoms with Crippen LogP contribution in [0.15, 0.2) is 17.0 Å². The number of carbonyl (C=O) groups is 1. The van der Waals surface area contributed by atoms with E-state index in [-0.39, 0.29) is 30.1 Å². The molecule has 1 heterocycles. The zero-order chi connectivity index (χ0) is 15.8. The lowest BCUT2D eigenvalue weighted by Crippen LogP contribution is -2.49. The van der Waals surface area contributed by atoms with Crippen molar-refractivity contribution < 1.29 is 22.5 Å². The minimum Gasteiger partial charge on any atom is -0.354 e. The van der Waals surface area contributed by atoms with Gasteiger partial charge in [-0.2, -0.15) is 8.70 Å². The normalized spacial score (nSPS) is 16.6. The summed E-state index contributed by atoms with van der Waals surface area (Å²) in [5.41, 5.74) is -0.871. The van der Waals surface area contributed by atoms with E-state index < -0.39 is 32.4 Å². The maximum Gasteiger partial charge on any atom is 0.306 e. The minimum absolute atomic E-state index is 0.0454. The second-order valence-corrected chi connectivity index (χ2v) is 6.42. The largest absolute Gasteiger partial charge is 0.354 e. The highest BCUT2D eigenvalue weighted by atomic mass is 32.2. The second kappa shape index (κ2) is 5.37. The molecule has 10 heteroatoms. The average molecular weight is 317 g/mol. The maximum atomic E-state index is 13.5. The van der Waals surface area contributed by atoms with Crippen LogP contribution in [0.3, 0.4) is 0 Å². The van der Waals surface area contributed by atoms with Crippen LogP contribution in [0.4, 0.5) is 10.1 Å². The Bertz CT molecular complexity index is 719. The van der Waals surface area contributed by atoms with Gasteiger partial charge in [0.2, 0.25) is 21.7 Å². The molecule has 0 saturated carbocycles. The first-order valence-electron chi connectivity index (χ1n) is 5.95. The van der Waals surface area contributed by atoms with E-state index in [2.05, 4.69) is 5.32 Å². The van der Waals surface area contributed by atoms with Gasteiger partial charge in [0.15, 0.2) is 0 Å². The van der Waals surface area contributed by atoms with Crippen LogP contribution in [0.25, 0.3) is 0 Å². The van der Waals surface area contributed by atoms with Gasteiger partial charge in [-0.15, -0.1) is 0 Å². The van der Waals surface area contributed by atoms with Crippen molar-refractivity contribution >= 4 is 21.6 Å². The molecule has 0 spiro atoms. The number of piperazine rings is 1. The molecule has 114 valence electrons. The van der Waals surface area contributed by atoms with Gasteiger partial charge in [-0.25, -0.2) is 8.42 Å². The highest BCUT2D eigenvalue weighted by molar-refractivity contribution is 7.89. The van der Waals surface area contributed by atoms with Crippen molar-refractivity contribution in [2.75, 3.05) is 19.6 Å². The second-order valence-electron chi connectivity index (χ2n) is 4.51. The molecule has 1 aromatic carbocycles. The van der Waals surface area contributed by atoms with E-state index in [9.17, 15) is 27.7 Å². The molecule has 0 unspecified atom stereocenters. The molecule has 0 aliphatic carbocycles. The summed E-state index contributed by atoms with van der Waals surface area (Å²) < 4.78 is 39.3. The molecule has 2 rings (SSSR count). The molecule has 0 bridgehead atoms. The van der Waals surface area contributed by atoms with Gasteiger partial charge in [0.1, 0.15) is 0 Å². The Morgan fingerprint density at radius 2 is 2.10 bits per heavy atom. The van der Waals surface area contributed by atoms with Gasteiger partial charge < -0.3 is 5.32 Å². The number of nitrogens with zero attached hydrogens (tertiary/aromatic N) is 2. The molecular weight excluding hydrogens is 305 g/mol. The van der Waals surface area contributed by atoms with Gasteiger partial charge in [0, 0.05) is 19.2 Å². The molecule has 0 radical (unpaired) electrons. The minimum atomic E-state index is -4.10. The Labute approximate surface area is 119 Å². The summed E-state index contributed by atoms with van der Waals surface area (Å²) in [5, 5.41) is 13.2. The molecule has 1 saturated heterocycles. The van der Waals surface area contributed by atoms with Crippen molar-refractivity contribution in [3.8, 4) is 0 Å². The zero-order valence-electron chi connectivity index (χ0n) is 11.0. The number of rotatable bonds is 3. The highest BCUT2D eigenvalue weighted by Gasteiger charge is 2.32. The smallest absolute Gasteiger partial charge is 0.306 e. The number of nitrogens with one attached hydrogen (secondary N) is 1. The lowest BCUT2D eigenvalue weighted by molar-refractivity contribution is -0.387. The van der Waals surface area contributed by atoms with Crippen LogP contribution in [-0.2, 0) is 14.8 Å². The first kappa shape index (κ1) is 15.3. The fraction of sp³-hybridized carbons (Fsp3) is 0.364. The van der Waals surface area contributed by atoms with Crippen LogP contribution in [0.2, 0.25) is 0 Å². The van der Waals surface area contributed by atoms with Gasteiger partial charge in [0.25, 0.3) is 0 Å². The van der Waals surface area contributed by atoms with E-state index in [4.69, 9.17) is 0 Å². The lowest BCUT2D eigenvalue weighted by atomic mass is 10.2. The molecule has 1 aliphatic heterocycles. The van der Waals surface area contributed by atoms with Gasteiger partial charge in [-0.1, -0.05) is 0 Å². The number of sulfonamides is 1. The van der Waals surface area contributed by atoms with E-state index in [0.29, 0.717) is 6.07 Å². The molecule has 21 heavy (non-hydrogen) atoms. The summed E-state index contributed by atoms with van der Waals surface area (Å²) in [6.07, 6.45) is 0. The summed E-state index contributed by atoms with van der Waals surface area (Å²) >= 11 is 0. The monoisotopic (exact) mass is 317 g/mol. The fourth-order valence-corrected chi connectivity index (χ4v) is 3.64. The van der Waals surface area contributed by atoms with Crippen molar-refractivity contribution in [3.63, 3.8) is 0 Å². The van der Waals surface area contributed by atoms with Crippen molar-refractivity contribution in [1.82, 2.24) is 9.62 Å². The number of hydrogen-bond acceptors (Lipinski definition) is 5. The summed E-state index contributed by atoms with van der Waals surface area (Å²) in [5.74, 6) is -1.56. The predicted molar refractivity (Wildman–Crippen MR) is 69.6 cm³/mol. The first-order valence-corrected chi connectivity index (χ1v) is 7.39. The van der Waals surface area contributed by atoms with Crippen LogP contribution in [0.5, 0.6) is 0 Å². The Kier molecular flexibility index (Phi) is 3.92. The zero-order valence-corrected chi connectivity index (χ0v) is 11.8. The van der Waals surface area contributed by atoms with E-state index in [1.165, 1.54) is 6.92 Å². The molecule has 1 N–H and O–H groups in total. The van der Waals surface area contributed by atoms with Gasteiger partial charge in [-0.3, -0.25) is 14.9 Å². The molecular formula is C11H12FN3O5S.